The van der Waals surface area contributed by atoms with Crippen LogP contribution in [0.1, 0.15) is 58.8 Å². The summed E-state index contributed by atoms with van der Waals surface area (Å²) in [6, 6.07) is 0.481. The van der Waals surface area contributed by atoms with Crippen molar-refractivity contribution in [1.82, 2.24) is 0 Å². The van der Waals surface area contributed by atoms with Gasteiger partial charge < -0.3 is 5.73 Å². The first-order valence-corrected chi connectivity index (χ1v) is 7.57. The van der Waals surface area contributed by atoms with Crippen molar-refractivity contribution >= 4 is 0 Å². The van der Waals surface area contributed by atoms with Crippen LogP contribution in [0.5, 0.6) is 0 Å². The van der Waals surface area contributed by atoms with E-state index < -0.39 is 0 Å². The van der Waals surface area contributed by atoms with Gasteiger partial charge in [0.25, 0.3) is 0 Å². The Hall–Kier alpha value is -0.300. The van der Waals surface area contributed by atoms with Crippen molar-refractivity contribution in [3.8, 4) is 0 Å². The summed E-state index contributed by atoms with van der Waals surface area (Å²) in [4.78, 5) is 0. The van der Waals surface area contributed by atoms with Gasteiger partial charge in [0, 0.05) is 6.04 Å². The van der Waals surface area contributed by atoms with Crippen molar-refractivity contribution in [1.29, 1.82) is 0 Å². The molecule has 0 bridgehead atoms. The summed E-state index contributed by atoms with van der Waals surface area (Å²) in [5.41, 5.74) is 8.72. The standard InChI is InChI=1S/C16H27N/c1-11-5-7-13-12(10-11)6-8-14-15(17)4-3-9-16(13,14)2/h10-11,13-15H,3-9,17H2,1-2H3. The van der Waals surface area contributed by atoms with E-state index in [9.17, 15) is 0 Å². The van der Waals surface area contributed by atoms with Gasteiger partial charge in [-0.25, -0.2) is 0 Å². The van der Waals surface area contributed by atoms with Gasteiger partial charge in [-0.2, -0.15) is 0 Å². The fraction of sp³-hybridized carbons (Fsp3) is 0.875. The first-order valence-electron chi connectivity index (χ1n) is 7.57. The van der Waals surface area contributed by atoms with Crippen LogP contribution in [0, 0.1) is 23.2 Å². The Morgan fingerprint density at radius 3 is 2.88 bits per heavy atom. The van der Waals surface area contributed by atoms with Crippen molar-refractivity contribution in [2.24, 2.45) is 28.9 Å². The Labute approximate surface area is 106 Å². The SMILES string of the molecule is CC1C=C2CCC3C(N)CCCC3(C)C2CC1. The first-order chi connectivity index (χ1) is 8.11. The fourth-order valence-electron chi connectivity index (χ4n) is 5.08. The molecule has 3 aliphatic carbocycles. The summed E-state index contributed by atoms with van der Waals surface area (Å²) in [6.07, 6.45) is 12.1. The van der Waals surface area contributed by atoms with Gasteiger partial charge in [0.15, 0.2) is 0 Å². The summed E-state index contributed by atoms with van der Waals surface area (Å²) < 4.78 is 0. The molecule has 0 aromatic carbocycles. The maximum atomic E-state index is 6.40. The van der Waals surface area contributed by atoms with Crippen molar-refractivity contribution in [3.63, 3.8) is 0 Å². The first kappa shape index (κ1) is 11.8. The zero-order chi connectivity index (χ0) is 12.0. The Kier molecular flexibility index (Phi) is 2.85. The topological polar surface area (TPSA) is 26.0 Å². The molecule has 0 spiro atoms. The third kappa shape index (κ3) is 1.78. The van der Waals surface area contributed by atoms with Gasteiger partial charge in [-0.1, -0.05) is 31.9 Å². The van der Waals surface area contributed by atoms with E-state index in [1.54, 1.807) is 5.57 Å². The van der Waals surface area contributed by atoms with Crippen molar-refractivity contribution in [2.45, 2.75) is 64.8 Å². The Morgan fingerprint density at radius 2 is 2.06 bits per heavy atom. The second kappa shape index (κ2) is 4.12. The highest BCUT2D eigenvalue weighted by Crippen LogP contribution is 2.57. The van der Waals surface area contributed by atoms with Crippen LogP contribution in [-0.4, -0.2) is 6.04 Å². The number of hydrogen-bond donors (Lipinski definition) is 1. The van der Waals surface area contributed by atoms with Gasteiger partial charge in [-0.05, 0) is 61.7 Å². The summed E-state index contributed by atoms with van der Waals surface area (Å²) >= 11 is 0. The third-order valence-electron chi connectivity index (χ3n) is 6.01. The highest BCUT2D eigenvalue weighted by Gasteiger charge is 2.49. The minimum atomic E-state index is 0.481. The fourth-order valence-corrected chi connectivity index (χ4v) is 5.08. The van der Waals surface area contributed by atoms with E-state index in [4.69, 9.17) is 5.73 Å². The minimum Gasteiger partial charge on any atom is -0.327 e. The van der Waals surface area contributed by atoms with Gasteiger partial charge in [-0.3, -0.25) is 0 Å². The number of nitrogens with two attached hydrogens (primary N) is 1. The molecule has 0 aromatic heterocycles. The third-order valence-corrected chi connectivity index (χ3v) is 6.01. The summed E-state index contributed by atoms with van der Waals surface area (Å²) in [5.74, 6) is 2.48. The van der Waals surface area contributed by atoms with E-state index >= 15 is 0 Å². The predicted octanol–water partition coefficient (Wildman–Crippen LogP) is 3.89. The Bertz CT molecular complexity index is 332. The lowest BCUT2D eigenvalue weighted by Gasteiger charge is -2.55. The lowest BCUT2D eigenvalue weighted by Crippen LogP contribution is -2.51. The van der Waals surface area contributed by atoms with E-state index in [0.717, 1.165) is 17.8 Å². The largest absolute Gasteiger partial charge is 0.327 e. The van der Waals surface area contributed by atoms with Crippen molar-refractivity contribution in [2.75, 3.05) is 0 Å². The van der Waals surface area contributed by atoms with Crippen molar-refractivity contribution in [3.05, 3.63) is 11.6 Å². The zero-order valence-electron chi connectivity index (χ0n) is 11.4. The molecule has 0 heterocycles. The molecule has 0 aliphatic heterocycles. The summed E-state index contributed by atoms with van der Waals surface area (Å²) in [6.45, 7) is 4.93. The number of allylic oxidation sites excluding steroid dienone is 2. The van der Waals surface area contributed by atoms with Gasteiger partial charge in [0.1, 0.15) is 0 Å². The number of fused-ring (bicyclic) bond motifs is 3. The molecule has 3 rings (SSSR count). The molecule has 1 nitrogen and oxygen atoms in total. The molecule has 0 saturated heterocycles. The van der Waals surface area contributed by atoms with Crippen LogP contribution in [0.2, 0.25) is 0 Å². The molecule has 2 saturated carbocycles. The van der Waals surface area contributed by atoms with E-state index in [2.05, 4.69) is 19.9 Å². The average molecular weight is 233 g/mol. The van der Waals surface area contributed by atoms with E-state index in [1.807, 2.05) is 0 Å². The average Bonchev–Trinajstić information content (AvgIpc) is 2.28. The summed E-state index contributed by atoms with van der Waals surface area (Å²) in [5, 5.41) is 0. The Morgan fingerprint density at radius 1 is 1.24 bits per heavy atom. The zero-order valence-corrected chi connectivity index (χ0v) is 11.4. The van der Waals surface area contributed by atoms with Gasteiger partial charge in [0.05, 0.1) is 0 Å². The van der Waals surface area contributed by atoms with Crippen LogP contribution < -0.4 is 5.73 Å². The van der Waals surface area contributed by atoms with Crippen LogP contribution >= 0.6 is 0 Å². The molecule has 0 radical (unpaired) electrons. The highest BCUT2D eigenvalue weighted by atomic mass is 14.7. The van der Waals surface area contributed by atoms with Crippen LogP contribution in [0.15, 0.2) is 11.6 Å². The van der Waals surface area contributed by atoms with Crippen molar-refractivity contribution < 1.29 is 0 Å². The molecular weight excluding hydrogens is 206 g/mol. The molecule has 96 valence electrons. The molecule has 5 unspecified atom stereocenters. The van der Waals surface area contributed by atoms with E-state index in [0.29, 0.717) is 11.5 Å². The maximum absolute atomic E-state index is 6.40. The number of rotatable bonds is 0. The molecule has 1 heteroatoms. The number of hydrogen-bond acceptors (Lipinski definition) is 1. The van der Waals surface area contributed by atoms with Gasteiger partial charge in [-0.15, -0.1) is 0 Å². The van der Waals surface area contributed by atoms with Gasteiger partial charge in [0.2, 0.25) is 0 Å². The second-order valence-corrected chi connectivity index (χ2v) is 7.06. The molecule has 3 aliphatic rings. The molecule has 0 amide bonds. The van der Waals surface area contributed by atoms with Crippen LogP contribution in [-0.2, 0) is 0 Å². The lowest BCUT2D eigenvalue weighted by atomic mass is 9.51. The second-order valence-electron chi connectivity index (χ2n) is 7.06. The van der Waals surface area contributed by atoms with Crippen LogP contribution in [0.4, 0.5) is 0 Å². The molecule has 0 aromatic rings. The van der Waals surface area contributed by atoms with Crippen LogP contribution in [0.25, 0.3) is 0 Å². The summed E-state index contributed by atoms with van der Waals surface area (Å²) in [7, 11) is 0. The van der Waals surface area contributed by atoms with E-state index in [1.165, 1.54) is 44.9 Å². The predicted molar refractivity (Wildman–Crippen MR) is 72.6 cm³/mol. The van der Waals surface area contributed by atoms with Gasteiger partial charge >= 0.3 is 0 Å². The quantitative estimate of drug-likeness (QED) is 0.631. The van der Waals surface area contributed by atoms with Crippen LogP contribution in [0.3, 0.4) is 0 Å². The normalized spacial score (nSPS) is 50.2. The smallest absolute Gasteiger partial charge is 0.00726 e. The molecule has 17 heavy (non-hydrogen) atoms. The molecule has 5 atom stereocenters. The monoisotopic (exact) mass is 233 g/mol. The van der Waals surface area contributed by atoms with E-state index in [-0.39, 0.29) is 0 Å². The molecule has 2 N–H and O–H groups in total. The maximum Gasteiger partial charge on any atom is 0.00726 e. The molecule has 2 fully saturated rings. The molecular formula is C16H27N. The Balaban J connectivity index is 1.92. The minimum absolute atomic E-state index is 0.481. The highest BCUT2D eigenvalue weighted by molar-refractivity contribution is 5.21. The lowest BCUT2D eigenvalue weighted by molar-refractivity contribution is 0.00889.